The summed E-state index contributed by atoms with van der Waals surface area (Å²) in [5, 5.41) is 11.7. The van der Waals surface area contributed by atoms with Gasteiger partial charge < -0.3 is 25.9 Å². The zero-order valence-electron chi connectivity index (χ0n) is 12.2. The fraction of sp³-hybridized carbons (Fsp3) is 0.0588. The van der Waals surface area contributed by atoms with Gasteiger partial charge in [-0.15, -0.1) is 0 Å². The molecule has 0 amide bonds. The van der Waals surface area contributed by atoms with Crippen LogP contribution in [0.5, 0.6) is 0 Å². The van der Waals surface area contributed by atoms with E-state index in [0.717, 1.165) is 0 Å². The molecule has 4 N–H and O–H groups in total. The van der Waals surface area contributed by atoms with Crippen LogP contribution in [-0.2, 0) is 11.3 Å². The van der Waals surface area contributed by atoms with Crippen LogP contribution in [0, 0.1) is 0 Å². The monoisotopic (exact) mass is 308 g/mol. The number of rotatable bonds is 4. The minimum absolute atomic E-state index is 0.229. The van der Waals surface area contributed by atoms with Crippen molar-refractivity contribution in [1.82, 2.24) is 4.57 Å². The van der Waals surface area contributed by atoms with Crippen molar-refractivity contribution in [2.75, 3.05) is 11.5 Å². The van der Waals surface area contributed by atoms with Gasteiger partial charge in [-0.1, -0.05) is 12.1 Å². The summed E-state index contributed by atoms with van der Waals surface area (Å²) in [6.07, 6.45) is 0. The summed E-state index contributed by atoms with van der Waals surface area (Å²) in [7, 11) is 0. The van der Waals surface area contributed by atoms with Crippen LogP contribution in [0.1, 0.15) is 16.1 Å². The summed E-state index contributed by atoms with van der Waals surface area (Å²) in [5.41, 5.74) is 13.6. The second-order valence-corrected chi connectivity index (χ2v) is 5.22. The van der Waals surface area contributed by atoms with E-state index < -0.39 is 12.5 Å². The van der Waals surface area contributed by atoms with Crippen LogP contribution in [-0.4, -0.2) is 16.3 Å². The molecule has 6 heteroatoms. The van der Waals surface area contributed by atoms with Gasteiger partial charge in [0.1, 0.15) is 0 Å². The Balaban J connectivity index is 2.21. The molecular formula is C17H14N3O3-. The summed E-state index contributed by atoms with van der Waals surface area (Å²) in [5.74, 6) is -1.63. The minimum Gasteiger partial charge on any atom is -0.548 e. The highest BCUT2D eigenvalue weighted by Gasteiger charge is 2.19. The third-order valence-corrected chi connectivity index (χ3v) is 3.65. The molecule has 0 aliphatic heterocycles. The highest BCUT2D eigenvalue weighted by molar-refractivity contribution is 6.13. The van der Waals surface area contributed by atoms with Crippen molar-refractivity contribution >= 4 is 34.0 Å². The van der Waals surface area contributed by atoms with Crippen LogP contribution in [0.15, 0.2) is 48.5 Å². The molecule has 0 aliphatic carbocycles. The van der Waals surface area contributed by atoms with Crippen LogP contribution < -0.4 is 16.6 Å². The Hall–Kier alpha value is -3.28. The van der Waals surface area contributed by atoms with Crippen LogP contribution in [0.2, 0.25) is 0 Å². The van der Waals surface area contributed by atoms with Crippen molar-refractivity contribution in [3.8, 4) is 0 Å². The lowest BCUT2D eigenvalue weighted by molar-refractivity contribution is -0.306. The smallest absolute Gasteiger partial charge is 0.211 e. The third-order valence-electron chi connectivity index (χ3n) is 3.65. The molecule has 3 aromatic rings. The summed E-state index contributed by atoms with van der Waals surface area (Å²) in [4.78, 5) is 23.8. The van der Waals surface area contributed by atoms with E-state index >= 15 is 0 Å². The summed E-state index contributed by atoms with van der Waals surface area (Å²) >= 11 is 0. The van der Waals surface area contributed by atoms with Gasteiger partial charge in [0.25, 0.3) is 0 Å². The van der Waals surface area contributed by atoms with Crippen molar-refractivity contribution < 1.29 is 14.7 Å². The van der Waals surface area contributed by atoms with Crippen LogP contribution in [0.25, 0.3) is 10.9 Å². The topological polar surface area (TPSA) is 114 Å². The lowest BCUT2D eigenvalue weighted by atomic mass is 10.1. The molecule has 3 rings (SSSR count). The van der Waals surface area contributed by atoms with Crippen LogP contribution >= 0.6 is 0 Å². The maximum Gasteiger partial charge on any atom is 0.211 e. The molecule has 0 fully saturated rings. The lowest BCUT2D eigenvalue weighted by Gasteiger charge is -2.11. The number of anilines is 2. The number of carbonyl (C=O) groups is 2. The number of benzene rings is 2. The Kier molecular flexibility index (Phi) is 3.50. The number of carboxylic acid groups (broad SMARTS) is 1. The SMILES string of the molecule is Nc1ccc2c(c1)cc(C(=O)c1ccccc1N)n2CC(=O)[O-]. The molecule has 1 aromatic heterocycles. The Morgan fingerprint density at radius 2 is 1.78 bits per heavy atom. The fourth-order valence-electron chi connectivity index (χ4n) is 2.62. The van der Waals surface area contributed by atoms with Crippen LogP contribution in [0.4, 0.5) is 11.4 Å². The van der Waals surface area contributed by atoms with E-state index in [-0.39, 0.29) is 11.5 Å². The maximum atomic E-state index is 12.8. The van der Waals surface area contributed by atoms with Gasteiger partial charge in [-0.2, -0.15) is 0 Å². The fourth-order valence-corrected chi connectivity index (χ4v) is 2.62. The highest BCUT2D eigenvalue weighted by atomic mass is 16.4. The van der Waals surface area contributed by atoms with E-state index in [1.165, 1.54) is 4.57 Å². The van der Waals surface area contributed by atoms with Gasteiger partial charge in [-0.05, 0) is 36.4 Å². The van der Waals surface area contributed by atoms with Crippen molar-refractivity contribution in [1.29, 1.82) is 0 Å². The average molecular weight is 308 g/mol. The molecular weight excluding hydrogens is 294 g/mol. The molecule has 0 saturated carbocycles. The molecule has 0 saturated heterocycles. The zero-order chi connectivity index (χ0) is 16.6. The first-order chi connectivity index (χ1) is 11.0. The van der Waals surface area contributed by atoms with E-state index in [1.54, 1.807) is 48.5 Å². The van der Waals surface area contributed by atoms with Gasteiger partial charge in [0.2, 0.25) is 5.78 Å². The molecule has 0 spiro atoms. The number of nitrogens with two attached hydrogens (primary N) is 2. The van der Waals surface area contributed by atoms with E-state index in [2.05, 4.69) is 0 Å². The molecule has 1 heterocycles. The quantitative estimate of drug-likeness (QED) is 0.546. The van der Waals surface area contributed by atoms with Crippen LogP contribution in [0.3, 0.4) is 0 Å². The van der Waals surface area contributed by atoms with Crippen molar-refractivity contribution in [2.45, 2.75) is 6.54 Å². The van der Waals surface area contributed by atoms with Gasteiger partial charge >= 0.3 is 0 Å². The van der Waals surface area contributed by atoms with E-state index in [9.17, 15) is 14.7 Å². The molecule has 23 heavy (non-hydrogen) atoms. The molecule has 116 valence electrons. The second-order valence-electron chi connectivity index (χ2n) is 5.22. The number of carboxylic acids is 1. The molecule has 0 bridgehead atoms. The Labute approximate surface area is 131 Å². The third kappa shape index (κ3) is 2.62. The average Bonchev–Trinajstić information content (AvgIpc) is 2.84. The number of fused-ring (bicyclic) bond motifs is 1. The number of carbonyl (C=O) groups excluding carboxylic acids is 2. The normalized spacial score (nSPS) is 10.8. The molecule has 2 aromatic carbocycles. The first kappa shape index (κ1) is 14.6. The van der Waals surface area contributed by atoms with Crippen molar-refractivity contribution in [3.05, 3.63) is 59.8 Å². The van der Waals surface area contributed by atoms with Gasteiger partial charge in [-0.25, -0.2) is 0 Å². The number of aromatic nitrogens is 1. The molecule has 0 atom stereocenters. The number of nitrogens with zero attached hydrogens (tertiary/aromatic N) is 1. The Bertz CT molecular complexity index is 928. The second kappa shape index (κ2) is 5.49. The number of ketones is 1. The molecule has 0 radical (unpaired) electrons. The Morgan fingerprint density at radius 3 is 2.48 bits per heavy atom. The number of nitrogen functional groups attached to an aromatic ring is 2. The maximum absolute atomic E-state index is 12.8. The van der Waals surface area contributed by atoms with Gasteiger partial charge in [0.05, 0.1) is 18.2 Å². The lowest BCUT2D eigenvalue weighted by Crippen LogP contribution is -2.28. The largest absolute Gasteiger partial charge is 0.548 e. The predicted molar refractivity (Wildman–Crippen MR) is 85.6 cm³/mol. The number of para-hydroxylation sites is 1. The molecule has 0 aliphatic rings. The van der Waals surface area contributed by atoms with E-state index in [1.807, 2.05) is 0 Å². The summed E-state index contributed by atoms with van der Waals surface area (Å²) in [6, 6.07) is 13.3. The zero-order valence-corrected chi connectivity index (χ0v) is 12.2. The van der Waals surface area contributed by atoms with Crippen molar-refractivity contribution in [2.24, 2.45) is 0 Å². The van der Waals surface area contributed by atoms with Crippen molar-refractivity contribution in [3.63, 3.8) is 0 Å². The predicted octanol–water partition coefficient (Wildman–Crippen LogP) is 0.787. The summed E-state index contributed by atoms with van der Waals surface area (Å²) in [6.45, 7) is -0.429. The van der Waals surface area contributed by atoms with Gasteiger partial charge in [-0.3, -0.25) is 4.79 Å². The first-order valence-corrected chi connectivity index (χ1v) is 6.95. The van der Waals surface area contributed by atoms with Gasteiger partial charge in [0.15, 0.2) is 0 Å². The van der Waals surface area contributed by atoms with E-state index in [0.29, 0.717) is 27.8 Å². The number of hydrogen-bond acceptors (Lipinski definition) is 5. The number of hydrogen-bond donors (Lipinski definition) is 2. The number of aliphatic carboxylic acids is 1. The highest BCUT2D eigenvalue weighted by Crippen LogP contribution is 2.25. The summed E-state index contributed by atoms with van der Waals surface area (Å²) < 4.78 is 1.40. The Morgan fingerprint density at radius 1 is 1.04 bits per heavy atom. The van der Waals surface area contributed by atoms with Gasteiger partial charge in [0, 0.05) is 27.8 Å². The molecule has 6 nitrogen and oxygen atoms in total. The minimum atomic E-state index is -1.28. The van der Waals surface area contributed by atoms with E-state index in [4.69, 9.17) is 11.5 Å². The first-order valence-electron chi connectivity index (χ1n) is 6.95. The molecule has 0 unspecified atom stereocenters. The standard InChI is InChI=1S/C17H15N3O3/c18-11-5-6-14-10(7-11)8-15(20(14)9-16(21)22)17(23)12-3-1-2-4-13(12)19/h1-8H,9,18-19H2,(H,21,22)/p-1.